The second-order valence-corrected chi connectivity index (χ2v) is 6.61. The summed E-state index contributed by atoms with van der Waals surface area (Å²) in [5.74, 6) is 1.21. The van der Waals surface area contributed by atoms with Crippen LogP contribution in [0.1, 0.15) is 35.2 Å². The van der Waals surface area contributed by atoms with Gasteiger partial charge in [-0.05, 0) is 45.9 Å². The van der Waals surface area contributed by atoms with E-state index in [9.17, 15) is 4.39 Å². The lowest BCUT2D eigenvalue weighted by Crippen LogP contribution is -2.36. The fourth-order valence-corrected chi connectivity index (χ4v) is 3.12. The highest BCUT2D eigenvalue weighted by Crippen LogP contribution is 2.25. The molecule has 2 N–H and O–H groups in total. The minimum atomic E-state index is -0.261. The maximum Gasteiger partial charge on any atom is 0.191 e. The molecule has 6 nitrogen and oxygen atoms in total. The average molecular weight is 371 g/mol. The Labute approximate surface area is 158 Å². The normalized spacial score (nSPS) is 12.0. The van der Waals surface area contributed by atoms with Crippen LogP contribution >= 0.6 is 0 Å². The van der Waals surface area contributed by atoms with E-state index in [2.05, 4.69) is 20.7 Å². The minimum absolute atomic E-state index is 0.261. The SMILES string of the molecule is CCNC(=NCc1c(C)nn(C)c1C)NCc1oc2ccc(F)cc2c1C. The van der Waals surface area contributed by atoms with E-state index in [4.69, 9.17) is 4.42 Å². The van der Waals surface area contributed by atoms with E-state index in [0.717, 1.165) is 40.2 Å². The predicted molar refractivity (Wildman–Crippen MR) is 105 cm³/mol. The zero-order valence-corrected chi connectivity index (χ0v) is 16.5. The topological polar surface area (TPSA) is 67.4 Å². The lowest BCUT2D eigenvalue weighted by Gasteiger charge is -2.10. The molecule has 1 aromatic carbocycles. The van der Waals surface area contributed by atoms with Gasteiger partial charge in [-0.25, -0.2) is 9.38 Å². The van der Waals surface area contributed by atoms with Crippen LogP contribution in [0.5, 0.6) is 0 Å². The van der Waals surface area contributed by atoms with Crippen LogP contribution in [0.4, 0.5) is 4.39 Å². The number of guanidine groups is 1. The number of rotatable bonds is 5. The van der Waals surface area contributed by atoms with Gasteiger partial charge in [-0.2, -0.15) is 5.10 Å². The summed E-state index contributed by atoms with van der Waals surface area (Å²) in [5.41, 5.74) is 4.86. The van der Waals surface area contributed by atoms with Crippen molar-refractivity contribution in [2.24, 2.45) is 12.0 Å². The highest BCUT2D eigenvalue weighted by Gasteiger charge is 2.12. The van der Waals surface area contributed by atoms with Crippen LogP contribution in [-0.2, 0) is 20.1 Å². The van der Waals surface area contributed by atoms with Gasteiger partial charge in [-0.15, -0.1) is 0 Å². The van der Waals surface area contributed by atoms with Crippen LogP contribution in [0.2, 0.25) is 0 Å². The van der Waals surface area contributed by atoms with Gasteiger partial charge in [0.2, 0.25) is 0 Å². The number of nitrogens with zero attached hydrogens (tertiary/aromatic N) is 3. The van der Waals surface area contributed by atoms with Crippen LogP contribution in [0.3, 0.4) is 0 Å². The first-order valence-electron chi connectivity index (χ1n) is 9.09. The van der Waals surface area contributed by atoms with Gasteiger partial charge < -0.3 is 15.1 Å². The third-order valence-corrected chi connectivity index (χ3v) is 4.81. The summed E-state index contributed by atoms with van der Waals surface area (Å²) >= 11 is 0. The largest absolute Gasteiger partial charge is 0.459 e. The molecule has 0 saturated carbocycles. The maximum atomic E-state index is 13.5. The van der Waals surface area contributed by atoms with Crippen molar-refractivity contribution in [2.45, 2.75) is 40.8 Å². The number of hydrogen-bond donors (Lipinski definition) is 2. The van der Waals surface area contributed by atoms with Crippen molar-refractivity contribution in [1.82, 2.24) is 20.4 Å². The zero-order valence-electron chi connectivity index (χ0n) is 16.5. The number of halogens is 1. The number of hydrogen-bond acceptors (Lipinski definition) is 3. The molecule has 0 saturated heterocycles. The first kappa shape index (κ1) is 18.9. The fraction of sp³-hybridized carbons (Fsp3) is 0.400. The molecule has 3 rings (SSSR count). The molecular weight excluding hydrogens is 345 g/mol. The molecule has 3 aromatic rings. The van der Waals surface area contributed by atoms with Gasteiger partial charge >= 0.3 is 0 Å². The van der Waals surface area contributed by atoms with Crippen molar-refractivity contribution in [3.8, 4) is 0 Å². The summed E-state index contributed by atoms with van der Waals surface area (Å²) in [7, 11) is 1.94. The van der Waals surface area contributed by atoms with Crippen molar-refractivity contribution in [2.75, 3.05) is 6.54 Å². The van der Waals surface area contributed by atoms with Gasteiger partial charge in [0.25, 0.3) is 0 Å². The fourth-order valence-electron chi connectivity index (χ4n) is 3.12. The summed E-state index contributed by atoms with van der Waals surface area (Å²) in [6.07, 6.45) is 0. The molecule has 0 bridgehead atoms. The first-order valence-corrected chi connectivity index (χ1v) is 9.09. The molecule has 0 aliphatic heterocycles. The van der Waals surface area contributed by atoms with Gasteiger partial charge in [-0.3, -0.25) is 4.68 Å². The second-order valence-electron chi connectivity index (χ2n) is 6.61. The number of nitrogens with one attached hydrogen (secondary N) is 2. The summed E-state index contributed by atoms with van der Waals surface area (Å²) in [5, 5.41) is 11.8. The van der Waals surface area contributed by atoms with Crippen molar-refractivity contribution in [1.29, 1.82) is 0 Å². The summed E-state index contributed by atoms with van der Waals surface area (Å²) in [4.78, 5) is 4.67. The third-order valence-electron chi connectivity index (χ3n) is 4.81. The number of aryl methyl sites for hydroxylation is 3. The Kier molecular flexibility index (Phi) is 5.48. The lowest BCUT2D eigenvalue weighted by atomic mass is 10.1. The Morgan fingerprint density at radius 2 is 2.04 bits per heavy atom. The predicted octanol–water partition coefficient (Wildman–Crippen LogP) is 3.49. The number of aliphatic imine (C=N–C) groups is 1. The molecule has 144 valence electrons. The number of fused-ring (bicyclic) bond motifs is 1. The van der Waals surface area contributed by atoms with Gasteiger partial charge in [0.05, 0.1) is 18.8 Å². The van der Waals surface area contributed by atoms with E-state index in [1.807, 2.05) is 39.4 Å². The minimum Gasteiger partial charge on any atom is -0.459 e. The van der Waals surface area contributed by atoms with Gasteiger partial charge in [0, 0.05) is 35.8 Å². The number of furan rings is 1. The maximum absolute atomic E-state index is 13.5. The smallest absolute Gasteiger partial charge is 0.191 e. The highest BCUT2D eigenvalue weighted by atomic mass is 19.1. The van der Waals surface area contributed by atoms with Crippen LogP contribution < -0.4 is 10.6 Å². The molecule has 0 spiro atoms. The Balaban J connectivity index is 1.76. The molecule has 7 heteroatoms. The van der Waals surface area contributed by atoms with Gasteiger partial charge in [0.15, 0.2) is 5.96 Å². The molecule has 0 unspecified atom stereocenters. The Hall–Kier alpha value is -2.83. The zero-order chi connectivity index (χ0) is 19.6. The third kappa shape index (κ3) is 3.97. The average Bonchev–Trinajstić information content (AvgIpc) is 3.07. The van der Waals surface area contributed by atoms with E-state index >= 15 is 0 Å². The molecule has 0 atom stereocenters. The summed E-state index contributed by atoms with van der Waals surface area (Å²) in [6.45, 7) is 9.77. The Morgan fingerprint density at radius 3 is 2.70 bits per heavy atom. The van der Waals surface area contributed by atoms with Crippen LogP contribution in [0.15, 0.2) is 27.6 Å². The first-order chi connectivity index (χ1) is 12.9. The number of benzene rings is 1. The molecule has 2 heterocycles. The molecule has 27 heavy (non-hydrogen) atoms. The summed E-state index contributed by atoms with van der Waals surface area (Å²) < 4.78 is 21.2. The van der Waals surface area contributed by atoms with Crippen LogP contribution in [-0.4, -0.2) is 22.3 Å². The van der Waals surface area contributed by atoms with E-state index in [1.165, 1.54) is 12.1 Å². The van der Waals surface area contributed by atoms with Crippen molar-refractivity contribution in [3.05, 3.63) is 52.3 Å². The molecule has 0 amide bonds. The van der Waals surface area contributed by atoms with Crippen molar-refractivity contribution >= 4 is 16.9 Å². The highest BCUT2D eigenvalue weighted by molar-refractivity contribution is 5.83. The molecule has 0 radical (unpaired) electrons. The summed E-state index contributed by atoms with van der Waals surface area (Å²) in [6, 6.07) is 4.58. The van der Waals surface area contributed by atoms with Gasteiger partial charge in [-0.1, -0.05) is 0 Å². The van der Waals surface area contributed by atoms with Crippen LogP contribution in [0, 0.1) is 26.6 Å². The van der Waals surface area contributed by atoms with Crippen molar-refractivity contribution < 1.29 is 8.81 Å². The quantitative estimate of drug-likeness (QED) is 0.532. The molecule has 0 aliphatic rings. The monoisotopic (exact) mass is 371 g/mol. The van der Waals surface area contributed by atoms with Crippen LogP contribution in [0.25, 0.3) is 11.0 Å². The molecule has 2 aromatic heterocycles. The Morgan fingerprint density at radius 1 is 1.26 bits per heavy atom. The van der Waals surface area contributed by atoms with Gasteiger partial charge in [0.1, 0.15) is 17.2 Å². The standard InChI is InChI=1S/C20H26FN5O/c1-6-22-20(23-10-17-13(3)25-26(5)14(17)4)24-11-19-12(2)16-9-15(21)7-8-18(16)27-19/h7-9H,6,10-11H2,1-5H3,(H2,22,23,24). The molecule has 0 fully saturated rings. The molecular formula is C20H26FN5O. The molecule has 0 aliphatic carbocycles. The van der Waals surface area contributed by atoms with E-state index in [-0.39, 0.29) is 5.82 Å². The van der Waals surface area contributed by atoms with E-state index < -0.39 is 0 Å². The van der Waals surface area contributed by atoms with Crippen molar-refractivity contribution in [3.63, 3.8) is 0 Å². The lowest BCUT2D eigenvalue weighted by molar-refractivity contribution is 0.534. The Bertz CT molecular complexity index is 986. The van der Waals surface area contributed by atoms with E-state index in [0.29, 0.717) is 24.6 Å². The number of aromatic nitrogens is 2. The van der Waals surface area contributed by atoms with E-state index in [1.54, 1.807) is 6.07 Å². The second kappa shape index (κ2) is 7.82.